The third-order valence-corrected chi connectivity index (χ3v) is 4.48. The zero-order chi connectivity index (χ0) is 15.1. The summed E-state index contributed by atoms with van der Waals surface area (Å²) in [4.78, 5) is 11.6. The van der Waals surface area contributed by atoms with Crippen molar-refractivity contribution >= 4 is 34.1 Å². The van der Waals surface area contributed by atoms with Crippen molar-refractivity contribution in [1.29, 1.82) is 0 Å². The normalized spacial score (nSPS) is 10.6. The third-order valence-electron chi connectivity index (χ3n) is 2.47. The highest BCUT2D eigenvalue weighted by Gasteiger charge is 2.08. The minimum absolute atomic E-state index is 0.0176. The highest BCUT2D eigenvalue weighted by molar-refractivity contribution is 8.01. The van der Waals surface area contributed by atoms with Gasteiger partial charge in [0.05, 0.1) is 5.75 Å². The summed E-state index contributed by atoms with van der Waals surface area (Å²) in [5.41, 5.74) is 1.19. The molecule has 112 valence electrons. The molecule has 0 aliphatic rings. The largest absolute Gasteiger partial charge is 0.356 e. The molecule has 0 aliphatic carbocycles. The molecule has 0 bridgehead atoms. The van der Waals surface area contributed by atoms with Gasteiger partial charge in [-0.2, -0.15) is 0 Å². The van der Waals surface area contributed by atoms with E-state index in [4.69, 9.17) is 0 Å². The zero-order valence-electron chi connectivity index (χ0n) is 12.0. The van der Waals surface area contributed by atoms with Gasteiger partial charge in [-0.1, -0.05) is 53.4 Å². The van der Waals surface area contributed by atoms with Crippen LogP contribution in [0.1, 0.15) is 19.4 Å². The second-order valence-corrected chi connectivity index (χ2v) is 6.92. The van der Waals surface area contributed by atoms with Crippen LogP contribution in [0.25, 0.3) is 0 Å². The Hall–Kier alpha value is -1.60. The number of carbonyl (C=O) groups is 1. The van der Waals surface area contributed by atoms with Crippen molar-refractivity contribution in [3.63, 3.8) is 0 Å². The zero-order valence-corrected chi connectivity index (χ0v) is 13.6. The molecule has 5 nitrogen and oxygen atoms in total. The summed E-state index contributed by atoms with van der Waals surface area (Å²) >= 11 is 2.87. The Balaban J connectivity index is 1.77. The minimum Gasteiger partial charge on any atom is -0.356 e. The number of benzene rings is 1. The van der Waals surface area contributed by atoms with E-state index in [0.717, 1.165) is 9.47 Å². The number of amides is 1. The Labute approximate surface area is 132 Å². The number of aromatic nitrogens is 2. The van der Waals surface area contributed by atoms with E-state index >= 15 is 0 Å². The number of rotatable bonds is 7. The quantitative estimate of drug-likeness (QED) is 0.767. The lowest BCUT2D eigenvalue weighted by Crippen LogP contribution is -2.31. The van der Waals surface area contributed by atoms with Gasteiger partial charge in [-0.15, -0.1) is 10.2 Å². The number of hydrogen-bond donors (Lipinski definition) is 2. The van der Waals surface area contributed by atoms with Crippen molar-refractivity contribution in [3.05, 3.63) is 35.9 Å². The predicted molar refractivity (Wildman–Crippen MR) is 87.7 cm³/mol. The molecule has 0 spiro atoms. The van der Waals surface area contributed by atoms with E-state index in [1.807, 2.05) is 32.0 Å². The molecular formula is C14H18N4OS2. The van der Waals surface area contributed by atoms with Gasteiger partial charge in [-0.05, 0) is 19.4 Å². The number of carbonyl (C=O) groups excluding carboxylic acids is 1. The van der Waals surface area contributed by atoms with Crippen molar-refractivity contribution in [1.82, 2.24) is 15.5 Å². The van der Waals surface area contributed by atoms with Gasteiger partial charge >= 0.3 is 0 Å². The molecular weight excluding hydrogens is 304 g/mol. The van der Waals surface area contributed by atoms with E-state index in [-0.39, 0.29) is 11.9 Å². The number of hydrogen-bond acceptors (Lipinski definition) is 6. The van der Waals surface area contributed by atoms with Gasteiger partial charge in [-0.3, -0.25) is 4.79 Å². The Kier molecular flexibility index (Phi) is 6.01. The summed E-state index contributed by atoms with van der Waals surface area (Å²) in [5.74, 6) is 0.384. The molecule has 1 aromatic carbocycles. The number of anilines is 1. The van der Waals surface area contributed by atoms with Gasteiger partial charge in [-0.25, -0.2) is 0 Å². The molecule has 1 aromatic heterocycles. The first-order valence-corrected chi connectivity index (χ1v) is 8.47. The number of thioether (sulfide) groups is 1. The van der Waals surface area contributed by atoms with E-state index < -0.39 is 0 Å². The Morgan fingerprint density at radius 1 is 1.29 bits per heavy atom. The van der Waals surface area contributed by atoms with Crippen LogP contribution in [-0.4, -0.2) is 27.9 Å². The maximum atomic E-state index is 11.6. The van der Waals surface area contributed by atoms with Crippen LogP contribution >= 0.6 is 23.1 Å². The van der Waals surface area contributed by atoms with Crippen molar-refractivity contribution in [3.8, 4) is 0 Å². The van der Waals surface area contributed by atoms with E-state index in [0.29, 0.717) is 12.3 Å². The summed E-state index contributed by atoms with van der Waals surface area (Å²) in [5, 5.41) is 15.0. The fourth-order valence-electron chi connectivity index (χ4n) is 1.60. The Morgan fingerprint density at radius 3 is 2.76 bits per heavy atom. The third kappa shape index (κ3) is 5.73. The van der Waals surface area contributed by atoms with Crippen LogP contribution in [0.5, 0.6) is 0 Å². The molecule has 0 saturated carbocycles. The first kappa shape index (κ1) is 15.8. The highest BCUT2D eigenvalue weighted by Crippen LogP contribution is 2.25. The number of nitrogens with zero attached hydrogens (tertiary/aromatic N) is 2. The summed E-state index contributed by atoms with van der Waals surface area (Å²) in [6.45, 7) is 4.60. The molecule has 0 radical (unpaired) electrons. The first-order valence-electron chi connectivity index (χ1n) is 6.67. The fraction of sp³-hybridized carbons (Fsp3) is 0.357. The molecule has 0 saturated heterocycles. The Bertz CT molecular complexity index is 571. The lowest BCUT2D eigenvalue weighted by atomic mass is 10.2. The molecule has 2 aromatic rings. The van der Waals surface area contributed by atoms with Crippen LogP contribution in [0, 0.1) is 0 Å². The summed E-state index contributed by atoms with van der Waals surface area (Å²) in [7, 11) is 0. The highest BCUT2D eigenvalue weighted by atomic mass is 32.2. The lowest BCUT2D eigenvalue weighted by molar-refractivity contribution is -0.119. The molecule has 0 unspecified atom stereocenters. The van der Waals surface area contributed by atoms with Gasteiger partial charge in [0.25, 0.3) is 0 Å². The van der Waals surface area contributed by atoms with Gasteiger partial charge in [0.15, 0.2) is 4.34 Å². The van der Waals surface area contributed by atoms with E-state index in [9.17, 15) is 4.79 Å². The summed E-state index contributed by atoms with van der Waals surface area (Å²) < 4.78 is 0.796. The molecule has 1 amide bonds. The second-order valence-electron chi connectivity index (χ2n) is 4.72. The fourth-order valence-corrected chi connectivity index (χ4v) is 3.16. The van der Waals surface area contributed by atoms with Crippen molar-refractivity contribution in [2.45, 2.75) is 30.8 Å². The van der Waals surface area contributed by atoms with E-state index in [1.165, 1.54) is 28.7 Å². The maximum Gasteiger partial charge on any atom is 0.230 e. The molecule has 0 aliphatic heterocycles. The van der Waals surface area contributed by atoms with E-state index in [1.54, 1.807) is 0 Å². The van der Waals surface area contributed by atoms with Crippen LogP contribution in [0.3, 0.4) is 0 Å². The monoisotopic (exact) mass is 322 g/mol. The average Bonchev–Trinajstić information content (AvgIpc) is 2.91. The van der Waals surface area contributed by atoms with Crippen LogP contribution in [-0.2, 0) is 11.3 Å². The average molecular weight is 322 g/mol. The van der Waals surface area contributed by atoms with Crippen molar-refractivity contribution in [2.75, 3.05) is 11.1 Å². The maximum absolute atomic E-state index is 11.6. The smallest absolute Gasteiger partial charge is 0.230 e. The molecule has 2 N–H and O–H groups in total. The van der Waals surface area contributed by atoms with Gasteiger partial charge in [0.1, 0.15) is 0 Å². The standard InChI is InChI=1S/C14H18N4OS2/c1-10(2)16-12(19)9-20-14-18-17-13(21-14)15-8-11-6-4-3-5-7-11/h3-7,10H,8-9H2,1-2H3,(H,15,17)(H,16,19). The lowest BCUT2D eigenvalue weighted by Gasteiger charge is -2.06. The Morgan fingerprint density at radius 2 is 2.05 bits per heavy atom. The summed E-state index contributed by atoms with van der Waals surface area (Å²) in [6.07, 6.45) is 0. The van der Waals surface area contributed by atoms with Crippen LogP contribution in [0.15, 0.2) is 34.7 Å². The molecule has 2 rings (SSSR count). The predicted octanol–water partition coefficient (Wildman–Crippen LogP) is 2.77. The second kappa shape index (κ2) is 7.99. The van der Waals surface area contributed by atoms with E-state index in [2.05, 4.69) is 33.0 Å². The molecule has 7 heteroatoms. The molecule has 1 heterocycles. The van der Waals surface area contributed by atoms with Gasteiger partial charge in [0.2, 0.25) is 11.0 Å². The first-order chi connectivity index (χ1) is 10.1. The van der Waals surface area contributed by atoms with Crippen molar-refractivity contribution < 1.29 is 4.79 Å². The minimum atomic E-state index is 0.0176. The summed E-state index contributed by atoms with van der Waals surface area (Å²) in [6, 6.07) is 10.3. The van der Waals surface area contributed by atoms with Crippen LogP contribution in [0.2, 0.25) is 0 Å². The van der Waals surface area contributed by atoms with Crippen LogP contribution in [0.4, 0.5) is 5.13 Å². The molecule has 0 atom stereocenters. The van der Waals surface area contributed by atoms with Gasteiger partial charge in [0, 0.05) is 12.6 Å². The molecule has 21 heavy (non-hydrogen) atoms. The SMILES string of the molecule is CC(C)NC(=O)CSc1nnc(NCc2ccccc2)s1. The number of nitrogens with one attached hydrogen (secondary N) is 2. The van der Waals surface area contributed by atoms with Gasteiger partial charge < -0.3 is 10.6 Å². The van der Waals surface area contributed by atoms with Crippen LogP contribution < -0.4 is 10.6 Å². The van der Waals surface area contributed by atoms with Crippen molar-refractivity contribution in [2.24, 2.45) is 0 Å². The topological polar surface area (TPSA) is 66.9 Å². The molecule has 0 fully saturated rings.